The van der Waals surface area contributed by atoms with E-state index in [1.807, 2.05) is 0 Å². The van der Waals surface area contributed by atoms with Crippen molar-refractivity contribution in [3.05, 3.63) is 11.6 Å². The van der Waals surface area contributed by atoms with Crippen LogP contribution in [0.4, 0.5) is 5.13 Å². The van der Waals surface area contributed by atoms with Gasteiger partial charge >= 0.3 is 0 Å². The van der Waals surface area contributed by atoms with Crippen molar-refractivity contribution in [2.75, 3.05) is 4.90 Å². The monoisotopic (exact) mass is 196 g/mol. The van der Waals surface area contributed by atoms with Gasteiger partial charge in [0.05, 0.1) is 0 Å². The van der Waals surface area contributed by atoms with Gasteiger partial charge in [-0.15, -0.1) is 11.3 Å². The van der Waals surface area contributed by atoms with Crippen molar-refractivity contribution < 1.29 is 9.59 Å². The molecular weight excluding hydrogens is 188 g/mol. The molecule has 0 aliphatic carbocycles. The number of hydrogen-bond acceptors (Lipinski definition) is 4. The molecule has 0 spiro atoms. The molecule has 2 amide bonds. The second-order valence-corrected chi connectivity index (χ2v) is 3.66. The maximum Gasteiger partial charge on any atom is 0.235 e. The van der Waals surface area contributed by atoms with Crippen molar-refractivity contribution >= 4 is 28.3 Å². The van der Waals surface area contributed by atoms with Gasteiger partial charge in [0, 0.05) is 24.4 Å². The molecule has 1 fully saturated rings. The molecule has 2 heterocycles. The van der Waals surface area contributed by atoms with Crippen LogP contribution in [0.5, 0.6) is 0 Å². The van der Waals surface area contributed by atoms with Crippen LogP contribution in [-0.2, 0) is 9.59 Å². The number of piperidine rings is 1. The van der Waals surface area contributed by atoms with Gasteiger partial charge in [0.2, 0.25) is 11.8 Å². The third-order valence-corrected chi connectivity index (χ3v) is 2.65. The first kappa shape index (κ1) is 8.37. The summed E-state index contributed by atoms with van der Waals surface area (Å²) in [7, 11) is 0. The Kier molecular flexibility index (Phi) is 2.10. The molecule has 2 rings (SSSR count). The number of aromatic nitrogens is 1. The van der Waals surface area contributed by atoms with Crippen molar-refractivity contribution in [3.63, 3.8) is 0 Å². The number of carbonyl (C=O) groups is 2. The first-order valence-electron chi connectivity index (χ1n) is 4.04. The largest absolute Gasteiger partial charge is 0.274 e. The Hall–Kier alpha value is -1.23. The van der Waals surface area contributed by atoms with Crippen LogP contribution in [0.1, 0.15) is 19.3 Å². The molecule has 1 saturated heterocycles. The van der Waals surface area contributed by atoms with Crippen molar-refractivity contribution in [3.8, 4) is 0 Å². The minimum Gasteiger partial charge on any atom is -0.274 e. The Labute approximate surface area is 79.2 Å². The Morgan fingerprint density at radius 3 is 2.54 bits per heavy atom. The highest BCUT2D eigenvalue weighted by Gasteiger charge is 2.28. The van der Waals surface area contributed by atoms with E-state index >= 15 is 0 Å². The average molecular weight is 196 g/mol. The van der Waals surface area contributed by atoms with Crippen molar-refractivity contribution in [1.82, 2.24) is 4.98 Å². The lowest BCUT2D eigenvalue weighted by Gasteiger charge is -2.21. The summed E-state index contributed by atoms with van der Waals surface area (Å²) in [5.41, 5.74) is 0. The predicted octanol–water partition coefficient (Wildman–Crippen LogP) is 1.19. The summed E-state index contributed by atoms with van der Waals surface area (Å²) in [6.45, 7) is 0. The number of hydrogen-bond donors (Lipinski definition) is 0. The van der Waals surface area contributed by atoms with E-state index in [2.05, 4.69) is 4.98 Å². The predicted molar refractivity (Wildman–Crippen MR) is 48.5 cm³/mol. The highest BCUT2D eigenvalue weighted by molar-refractivity contribution is 7.14. The van der Waals surface area contributed by atoms with Gasteiger partial charge in [0.25, 0.3) is 0 Å². The third kappa shape index (κ3) is 1.47. The molecule has 0 aromatic carbocycles. The maximum absolute atomic E-state index is 11.4. The molecule has 1 aliphatic rings. The first-order chi connectivity index (χ1) is 6.29. The van der Waals surface area contributed by atoms with Crippen LogP contribution in [0.2, 0.25) is 0 Å². The molecule has 68 valence electrons. The zero-order valence-electron chi connectivity index (χ0n) is 6.90. The summed E-state index contributed by atoms with van der Waals surface area (Å²) in [5.74, 6) is -0.266. The van der Waals surface area contributed by atoms with Crippen LogP contribution in [0.15, 0.2) is 11.6 Å². The fourth-order valence-electron chi connectivity index (χ4n) is 1.29. The molecule has 1 aromatic rings. The van der Waals surface area contributed by atoms with Crippen molar-refractivity contribution in [2.45, 2.75) is 19.3 Å². The van der Waals surface area contributed by atoms with E-state index in [-0.39, 0.29) is 11.8 Å². The zero-order valence-corrected chi connectivity index (χ0v) is 7.71. The summed E-state index contributed by atoms with van der Waals surface area (Å²) in [6.07, 6.45) is 3.16. The Bertz CT molecular complexity index is 318. The Morgan fingerprint density at radius 2 is 2.00 bits per heavy atom. The molecule has 0 unspecified atom stereocenters. The summed E-state index contributed by atoms with van der Waals surface area (Å²) in [6, 6.07) is 0. The second kappa shape index (κ2) is 3.26. The zero-order chi connectivity index (χ0) is 9.26. The van der Waals surface area contributed by atoms with Gasteiger partial charge in [0.15, 0.2) is 5.13 Å². The van der Waals surface area contributed by atoms with Crippen LogP contribution in [0.25, 0.3) is 0 Å². The van der Waals surface area contributed by atoms with Gasteiger partial charge in [-0.2, -0.15) is 0 Å². The number of rotatable bonds is 1. The number of nitrogens with zero attached hydrogens (tertiary/aromatic N) is 2. The second-order valence-electron chi connectivity index (χ2n) is 2.79. The summed E-state index contributed by atoms with van der Waals surface area (Å²) < 4.78 is 0. The van der Waals surface area contributed by atoms with E-state index in [4.69, 9.17) is 0 Å². The molecule has 1 aliphatic heterocycles. The minimum absolute atomic E-state index is 0.133. The fourth-order valence-corrected chi connectivity index (χ4v) is 1.97. The highest BCUT2D eigenvalue weighted by Crippen LogP contribution is 2.23. The van der Waals surface area contributed by atoms with Crippen LogP contribution in [0, 0.1) is 0 Å². The van der Waals surface area contributed by atoms with E-state index in [1.165, 1.54) is 16.2 Å². The van der Waals surface area contributed by atoms with Gasteiger partial charge in [-0.1, -0.05) is 0 Å². The average Bonchev–Trinajstić information content (AvgIpc) is 2.57. The van der Waals surface area contributed by atoms with Crippen LogP contribution < -0.4 is 4.90 Å². The quantitative estimate of drug-likeness (QED) is 0.634. The molecule has 0 N–H and O–H groups in total. The van der Waals surface area contributed by atoms with E-state index in [9.17, 15) is 9.59 Å². The molecule has 5 heteroatoms. The Balaban J connectivity index is 2.29. The fraction of sp³-hybridized carbons (Fsp3) is 0.375. The first-order valence-corrected chi connectivity index (χ1v) is 4.92. The normalized spacial score (nSPS) is 18.0. The molecule has 1 aromatic heterocycles. The van der Waals surface area contributed by atoms with Crippen LogP contribution in [-0.4, -0.2) is 16.8 Å². The van der Waals surface area contributed by atoms with Crippen LogP contribution >= 0.6 is 11.3 Å². The number of imide groups is 1. The van der Waals surface area contributed by atoms with Crippen LogP contribution in [0.3, 0.4) is 0 Å². The standard InChI is InChI=1S/C8H8N2O2S/c11-6-2-1-3-7(12)10(6)8-9-4-5-13-8/h4-5H,1-3H2. The lowest BCUT2D eigenvalue weighted by molar-refractivity contribution is -0.129. The lowest BCUT2D eigenvalue weighted by Crippen LogP contribution is -2.40. The van der Waals surface area contributed by atoms with Crippen molar-refractivity contribution in [1.29, 1.82) is 0 Å². The van der Waals surface area contributed by atoms with Gasteiger partial charge in [-0.3, -0.25) is 9.59 Å². The summed E-state index contributed by atoms with van der Waals surface area (Å²) in [5, 5.41) is 2.25. The summed E-state index contributed by atoms with van der Waals surface area (Å²) >= 11 is 1.31. The molecule has 0 bridgehead atoms. The highest BCUT2D eigenvalue weighted by atomic mass is 32.1. The van der Waals surface area contributed by atoms with Gasteiger partial charge in [-0.05, 0) is 6.42 Å². The van der Waals surface area contributed by atoms with Gasteiger partial charge in [0.1, 0.15) is 0 Å². The number of carbonyl (C=O) groups excluding carboxylic acids is 2. The molecule has 0 atom stereocenters. The number of anilines is 1. The molecule has 0 radical (unpaired) electrons. The number of amides is 2. The smallest absolute Gasteiger partial charge is 0.235 e. The van der Waals surface area contributed by atoms with E-state index in [0.717, 1.165) is 0 Å². The minimum atomic E-state index is -0.133. The van der Waals surface area contributed by atoms with Gasteiger partial charge in [-0.25, -0.2) is 9.88 Å². The third-order valence-electron chi connectivity index (χ3n) is 1.89. The lowest BCUT2D eigenvalue weighted by atomic mass is 10.1. The van der Waals surface area contributed by atoms with E-state index < -0.39 is 0 Å². The molecule has 4 nitrogen and oxygen atoms in total. The molecule has 13 heavy (non-hydrogen) atoms. The molecule has 0 saturated carbocycles. The summed E-state index contributed by atoms with van der Waals surface area (Å²) in [4.78, 5) is 27.9. The maximum atomic E-state index is 11.4. The number of thiazole rings is 1. The molecular formula is C8H8N2O2S. The van der Waals surface area contributed by atoms with Gasteiger partial charge < -0.3 is 0 Å². The topological polar surface area (TPSA) is 50.3 Å². The van der Waals surface area contributed by atoms with E-state index in [1.54, 1.807) is 11.6 Å². The van der Waals surface area contributed by atoms with Crippen molar-refractivity contribution in [2.24, 2.45) is 0 Å². The SMILES string of the molecule is O=C1CCCC(=O)N1c1nccs1. The van der Waals surface area contributed by atoms with E-state index in [0.29, 0.717) is 24.4 Å². The Morgan fingerprint density at radius 1 is 1.31 bits per heavy atom.